The van der Waals surface area contributed by atoms with E-state index in [9.17, 15) is 9.59 Å². The molecule has 0 fully saturated rings. The molecule has 0 saturated heterocycles. The van der Waals surface area contributed by atoms with E-state index in [0.717, 1.165) is 10.8 Å². The summed E-state index contributed by atoms with van der Waals surface area (Å²) in [4.78, 5) is 24.9. The van der Waals surface area contributed by atoms with Crippen molar-refractivity contribution >= 4 is 52.1 Å². The number of carbonyl (C=O) groups excluding carboxylic acids is 2. The molecular formula is C28H22Cl2N2O5. The average molecular weight is 537 g/mol. The smallest absolute Gasteiger partial charge is 0.343 e. The summed E-state index contributed by atoms with van der Waals surface area (Å²) >= 11 is 11.9. The van der Waals surface area contributed by atoms with Gasteiger partial charge in [-0.1, -0.05) is 53.5 Å². The minimum absolute atomic E-state index is 0.206. The van der Waals surface area contributed by atoms with Gasteiger partial charge in [0.15, 0.2) is 17.6 Å². The number of ether oxygens (including phenoxy) is 3. The molecule has 37 heavy (non-hydrogen) atoms. The standard InChI is InChI=1S/C28H22Cl2N2O5/c1-17(36-22-10-8-19-5-3-4-6-20(19)14-22)27(33)32-31-16-18-7-12-25(26(13-18)35-2)37-28(34)21-9-11-23(29)24(30)15-21/h3-17H,1-2H3,(H,32,33). The van der Waals surface area contributed by atoms with E-state index in [0.29, 0.717) is 22.1 Å². The zero-order chi connectivity index (χ0) is 26.4. The first-order chi connectivity index (χ1) is 17.8. The number of methoxy groups -OCH3 is 1. The van der Waals surface area contributed by atoms with Crippen LogP contribution in [0, 0.1) is 0 Å². The van der Waals surface area contributed by atoms with Crippen LogP contribution in [0.5, 0.6) is 17.2 Å². The Kier molecular flexibility index (Phi) is 8.28. The molecule has 1 unspecified atom stereocenters. The van der Waals surface area contributed by atoms with Crippen molar-refractivity contribution in [3.8, 4) is 17.2 Å². The third-order valence-corrected chi connectivity index (χ3v) is 6.08. The zero-order valence-corrected chi connectivity index (χ0v) is 21.4. The third kappa shape index (κ3) is 6.58. The number of halogens is 2. The molecule has 188 valence electrons. The first kappa shape index (κ1) is 26.0. The Balaban J connectivity index is 1.36. The molecule has 0 aliphatic rings. The normalized spacial score (nSPS) is 11.8. The summed E-state index contributed by atoms with van der Waals surface area (Å²) in [6.45, 7) is 1.64. The van der Waals surface area contributed by atoms with E-state index >= 15 is 0 Å². The molecular weight excluding hydrogens is 515 g/mol. The van der Waals surface area contributed by atoms with Gasteiger partial charge in [-0.15, -0.1) is 0 Å². The van der Waals surface area contributed by atoms with Crippen molar-refractivity contribution in [1.29, 1.82) is 0 Å². The molecule has 7 nitrogen and oxygen atoms in total. The molecule has 0 radical (unpaired) electrons. The van der Waals surface area contributed by atoms with Gasteiger partial charge in [0.1, 0.15) is 5.75 Å². The van der Waals surface area contributed by atoms with Gasteiger partial charge < -0.3 is 14.2 Å². The second-order valence-corrected chi connectivity index (χ2v) is 8.75. The fraction of sp³-hybridized carbons (Fsp3) is 0.107. The molecule has 0 heterocycles. The van der Waals surface area contributed by atoms with E-state index in [2.05, 4.69) is 10.5 Å². The highest BCUT2D eigenvalue weighted by molar-refractivity contribution is 6.42. The zero-order valence-electron chi connectivity index (χ0n) is 19.9. The van der Waals surface area contributed by atoms with Gasteiger partial charge in [-0.05, 0) is 71.8 Å². The lowest BCUT2D eigenvalue weighted by molar-refractivity contribution is -0.127. The number of hydrogen-bond donors (Lipinski definition) is 1. The Morgan fingerprint density at radius 3 is 2.43 bits per heavy atom. The first-order valence-electron chi connectivity index (χ1n) is 11.2. The van der Waals surface area contributed by atoms with E-state index in [-0.39, 0.29) is 16.3 Å². The molecule has 4 rings (SSSR count). The van der Waals surface area contributed by atoms with E-state index in [1.165, 1.54) is 31.5 Å². The molecule has 0 aliphatic carbocycles. The van der Waals surface area contributed by atoms with Gasteiger partial charge in [0.25, 0.3) is 5.91 Å². The lowest BCUT2D eigenvalue weighted by Crippen LogP contribution is -2.33. The van der Waals surface area contributed by atoms with Crippen LogP contribution in [0.2, 0.25) is 10.0 Å². The van der Waals surface area contributed by atoms with Gasteiger partial charge >= 0.3 is 5.97 Å². The predicted octanol–water partition coefficient (Wildman–Crippen LogP) is 6.29. The Labute approximate surface area is 223 Å². The topological polar surface area (TPSA) is 86.2 Å². The van der Waals surface area contributed by atoms with Crippen LogP contribution in [-0.2, 0) is 4.79 Å². The van der Waals surface area contributed by atoms with Gasteiger partial charge in [-0.25, -0.2) is 10.2 Å². The molecule has 0 spiro atoms. The maximum atomic E-state index is 12.5. The molecule has 4 aromatic rings. The fourth-order valence-electron chi connectivity index (χ4n) is 3.39. The number of hydrazone groups is 1. The summed E-state index contributed by atoms with van der Waals surface area (Å²) in [5, 5.41) is 6.67. The molecule has 0 aromatic heterocycles. The van der Waals surface area contributed by atoms with Crippen molar-refractivity contribution in [3.05, 3.63) is 100 Å². The molecule has 4 aromatic carbocycles. The maximum Gasteiger partial charge on any atom is 0.343 e. The second kappa shape index (κ2) is 11.8. The summed E-state index contributed by atoms with van der Waals surface area (Å²) in [6.07, 6.45) is 0.671. The highest BCUT2D eigenvalue weighted by atomic mass is 35.5. The van der Waals surface area contributed by atoms with Gasteiger partial charge in [0.05, 0.1) is 28.9 Å². The van der Waals surface area contributed by atoms with Crippen molar-refractivity contribution in [2.45, 2.75) is 13.0 Å². The van der Waals surface area contributed by atoms with Crippen LogP contribution in [-0.4, -0.2) is 31.3 Å². The Morgan fingerprint density at radius 1 is 0.892 bits per heavy atom. The minimum atomic E-state index is -0.768. The van der Waals surface area contributed by atoms with Crippen LogP contribution in [0.3, 0.4) is 0 Å². The number of fused-ring (bicyclic) bond motifs is 1. The van der Waals surface area contributed by atoms with Crippen molar-refractivity contribution < 1.29 is 23.8 Å². The van der Waals surface area contributed by atoms with Crippen molar-refractivity contribution in [3.63, 3.8) is 0 Å². The molecule has 9 heteroatoms. The van der Waals surface area contributed by atoms with E-state index in [1.54, 1.807) is 25.1 Å². The SMILES string of the molecule is COc1cc(C=NNC(=O)C(C)Oc2ccc3ccccc3c2)ccc1OC(=O)c1ccc(Cl)c(Cl)c1. The quantitative estimate of drug-likeness (QED) is 0.124. The van der Waals surface area contributed by atoms with Gasteiger partial charge in [-0.2, -0.15) is 5.10 Å². The number of carbonyl (C=O) groups is 2. The summed E-state index contributed by atoms with van der Waals surface area (Å²) in [5.74, 6) is 0.0597. The minimum Gasteiger partial charge on any atom is -0.493 e. The van der Waals surface area contributed by atoms with Gasteiger partial charge in [0.2, 0.25) is 0 Å². The molecule has 0 aliphatic heterocycles. The summed E-state index contributed by atoms with van der Waals surface area (Å²) < 4.78 is 16.5. The predicted molar refractivity (Wildman–Crippen MR) is 144 cm³/mol. The highest BCUT2D eigenvalue weighted by Gasteiger charge is 2.16. The number of esters is 1. The third-order valence-electron chi connectivity index (χ3n) is 5.34. The van der Waals surface area contributed by atoms with Crippen molar-refractivity contribution in [1.82, 2.24) is 5.43 Å². The van der Waals surface area contributed by atoms with Crippen LogP contribution >= 0.6 is 23.2 Å². The summed E-state index contributed by atoms with van der Waals surface area (Å²) in [5.41, 5.74) is 3.31. The number of rotatable bonds is 8. The number of hydrogen-bond acceptors (Lipinski definition) is 6. The van der Waals surface area contributed by atoms with Gasteiger partial charge in [0, 0.05) is 0 Å². The van der Waals surface area contributed by atoms with E-state index in [1.807, 2.05) is 42.5 Å². The molecule has 0 bridgehead atoms. The number of nitrogens with one attached hydrogen (secondary N) is 1. The van der Waals surface area contributed by atoms with Crippen LogP contribution in [0.15, 0.2) is 84.0 Å². The number of amides is 1. The lowest BCUT2D eigenvalue weighted by atomic mass is 10.1. The monoisotopic (exact) mass is 536 g/mol. The Morgan fingerprint density at radius 2 is 1.68 bits per heavy atom. The molecule has 1 N–H and O–H groups in total. The molecule has 1 atom stereocenters. The maximum absolute atomic E-state index is 12.5. The van der Waals surface area contributed by atoms with Crippen LogP contribution in [0.4, 0.5) is 0 Å². The van der Waals surface area contributed by atoms with Crippen LogP contribution in [0.25, 0.3) is 10.8 Å². The largest absolute Gasteiger partial charge is 0.493 e. The summed E-state index contributed by atoms with van der Waals surface area (Å²) in [6, 6.07) is 22.8. The Bertz CT molecular complexity index is 1490. The Hall–Kier alpha value is -4.07. The number of benzene rings is 4. The van der Waals surface area contributed by atoms with Gasteiger partial charge in [-0.3, -0.25) is 4.79 Å². The fourth-order valence-corrected chi connectivity index (χ4v) is 3.69. The average Bonchev–Trinajstić information content (AvgIpc) is 2.90. The first-order valence-corrected chi connectivity index (χ1v) is 11.9. The van der Waals surface area contributed by atoms with Crippen LogP contribution < -0.4 is 19.6 Å². The molecule has 0 saturated carbocycles. The molecule has 1 amide bonds. The highest BCUT2D eigenvalue weighted by Crippen LogP contribution is 2.29. The lowest BCUT2D eigenvalue weighted by Gasteiger charge is -2.13. The summed E-state index contributed by atoms with van der Waals surface area (Å²) in [7, 11) is 1.44. The van der Waals surface area contributed by atoms with Crippen LogP contribution in [0.1, 0.15) is 22.8 Å². The number of nitrogens with zero attached hydrogens (tertiary/aromatic N) is 1. The second-order valence-electron chi connectivity index (χ2n) is 7.93. The van der Waals surface area contributed by atoms with E-state index in [4.69, 9.17) is 37.4 Å². The van der Waals surface area contributed by atoms with Crippen molar-refractivity contribution in [2.24, 2.45) is 5.10 Å². The van der Waals surface area contributed by atoms with Crippen molar-refractivity contribution in [2.75, 3.05) is 7.11 Å². The van der Waals surface area contributed by atoms with E-state index < -0.39 is 18.0 Å².